The largest absolute Gasteiger partial charge is 0.490 e. The lowest BCUT2D eigenvalue weighted by molar-refractivity contribution is -0.385. The normalized spacial score (nSPS) is 17.6. The van der Waals surface area contributed by atoms with E-state index in [9.17, 15) is 14.9 Å². The number of hydrogen-bond donors (Lipinski definition) is 0. The summed E-state index contributed by atoms with van der Waals surface area (Å²) < 4.78 is 10.2. The second-order valence-corrected chi connectivity index (χ2v) is 7.12. The van der Waals surface area contributed by atoms with Crippen LogP contribution in [0.3, 0.4) is 0 Å². The molecule has 8 heteroatoms. The van der Waals surface area contributed by atoms with Gasteiger partial charge in [-0.2, -0.15) is 0 Å². The molecule has 0 spiro atoms. The van der Waals surface area contributed by atoms with E-state index in [4.69, 9.17) is 9.47 Å². The van der Waals surface area contributed by atoms with Crippen molar-refractivity contribution in [3.05, 3.63) is 69.4 Å². The lowest BCUT2D eigenvalue weighted by Gasteiger charge is -2.28. The standard InChI is InChI=1S/C22H21N3O5/c1-29-20-10-7-16(14-19(20)25(27)28)21-23-18(22(26)30-21)13-15-5-8-17(9-6-15)24-11-3-2-4-12-24/h5-10,13-14H,2-4,11-12H2,1H3/b18-13-. The Morgan fingerprint density at radius 3 is 2.53 bits per heavy atom. The topological polar surface area (TPSA) is 94.3 Å². The van der Waals surface area contributed by atoms with Gasteiger partial charge < -0.3 is 14.4 Å². The molecule has 0 unspecified atom stereocenters. The molecule has 1 fully saturated rings. The molecule has 154 valence electrons. The Balaban J connectivity index is 1.57. The van der Waals surface area contributed by atoms with Crippen molar-refractivity contribution in [3.8, 4) is 5.75 Å². The molecule has 2 heterocycles. The number of methoxy groups -OCH3 is 1. The van der Waals surface area contributed by atoms with E-state index in [1.807, 2.05) is 24.3 Å². The monoisotopic (exact) mass is 407 g/mol. The third-order valence-electron chi connectivity index (χ3n) is 5.16. The van der Waals surface area contributed by atoms with E-state index in [2.05, 4.69) is 9.89 Å². The molecule has 2 aliphatic rings. The number of rotatable bonds is 5. The SMILES string of the molecule is COc1ccc(C2=N/C(=C\c3ccc(N4CCCCC4)cc3)C(=O)O2)cc1[N+](=O)[O-]. The van der Waals surface area contributed by atoms with E-state index in [1.165, 1.54) is 44.2 Å². The van der Waals surface area contributed by atoms with Crippen LogP contribution in [0, 0.1) is 10.1 Å². The number of anilines is 1. The molecule has 0 aromatic heterocycles. The Hall–Kier alpha value is -3.68. The average molecular weight is 407 g/mol. The van der Waals surface area contributed by atoms with Gasteiger partial charge in [-0.1, -0.05) is 12.1 Å². The van der Waals surface area contributed by atoms with Crippen LogP contribution in [-0.4, -0.2) is 37.0 Å². The van der Waals surface area contributed by atoms with Crippen LogP contribution in [0.15, 0.2) is 53.2 Å². The van der Waals surface area contributed by atoms with Crippen molar-refractivity contribution < 1.29 is 19.2 Å². The number of carbonyl (C=O) groups excluding carboxylic acids is 1. The predicted molar refractivity (Wildman–Crippen MR) is 113 cm³/mol. The number of aliphatic imine (C=N–C) groups is 1. The highest BCUT2D eigenvalue weighted by atomic mass is 16.6. The number of nitro benzene ring substituents is 1. The first kappa shape index (κ1) is 19.6. The Bertz CT molecular complexity index is 1040. The summed E-state index contributed by atoms with van der Waals surface area (Å²) in [4.78, 5) is 29.5. The minimum absolute atomic E-state index is 0.0296. The van der Waals surface area contributed by atoms with Crippen molar-refractivity contribution in [1.82, 2.24) is 0 Å². The maximum absolute atomic E-state index is 12.2. The van der Waals surface area contributed by atoms with Gasteiger partial charge in [0.2, 0.25) is 5.90 Å². The highest BCUT2D eigenvalue weighted by Crippen LogP contribution is 2.29. The number of carbonyl (C=O) groups is 1. The van der Waals surface area contributed by atoms with Crippen LogP contribution >= 0.6 is 0 Å². The zero-order valence-corrected chi connectivity index (χ0v) is 16.5. The van der Waals surface area contributed by atoms with Crippen LogP contribution in [0.1, 0.15) is 30.4 Å². The molecular formula is C22H21N3O5. The van der Waals surface area contributed by atoms with Crippen molar-refractivity contribution >= 4 is 29.3 Å². The molecule has 0 N–H and O–H groups in total. The molecule has 0 atom stereocenters. The van der Waals surface area contributed by atoms with Crippen LogP contribution < -0.4 is 9.64 Å². The highest BCUT2D eigenvalue weighted by Gasteiger charge is 2.26. The van der Waals surface area contributed by atoms with Crippen molar-refractivity contribution in [2.75, 3.05) is 25.1 Å². The Labute approximate surface area is 173 Å². The number of nitro groups is 1. The predicted octanol–water partition coefficient (Wildman–Crippen LogP) is 3.94. The Morgan fingerprint density at radius 1 is 1.13 bits per heavy atom. The molecule has 4 rings (SSSR count). The van der Waals surface area contributed by atoms with Gasteiger partial charge in [-0.25, -0.2) is 9.79 Å². The van der Waals surface area contributed by atoms with Gasteiger partial charge in [0.15, 0.2) is 11.4 Å². The smallest absolute Gasteiger partial charge is 0.363 e. The minimum Gasteiger partial charge on any atom is -0.490 e. The molecule has 0 radical (unpaired) electrons. The van der Waals surface area contributed by atoms with Crippen molar-refractivity contribution in [2.24, 2.45) is 4.99 Å². The lowest BCUT2D eigenvalue weighted by Crippen LogP contribution is -2.29. The summed E-state index contributed by atoms with van der Waals surface area (Å²) in [5.74, 6) is -0.441. The maximum Gasteiger partial charge on any atom is 0.363 e. The fourth-order valence-corrected chi connectivity index (χ4v) is 3.59. The van der Waals surface area contributed by atoms with Gasteiger partial charge in [-0.05, 0) is 55.2 Å². The molecule has 0 amide bonds. The number of nitrogens with zero attached hydrogens (tertiary/aromatic N) is 3. The van der Waals surface area contributed by atoms with Crippen molar-refractivity contribution in [2.45, 2.75) is 19.3 Å². The first-order chi connectivity index (χ1) is 14.5. The second kappa shape index (κ2) is 8.36. The van der Waals surface area contributed by atoms with Crippen molar-refractivity contribution in [1.29, 1.82) is 0 Å². The first-order valence-corrected chi connectivity index (χ1v) is 9.75. The molecule has 30 heavy (non-hydrogen) atoms. The summed E-state index contributed by atoms with van der Waals surface area (Å²) in [7, 11) is 1.35. The zero-order valence-electron chi connectivity index (χ0n) is 16.5. The first-order valence-electron chi connectivity index (χ1n) is 9.75. The van der Waals surface area contributed by atoms with Gasteiger partial charge in [0, 0.05) is 30.4 Å². The fourth-order valence-electron chi connectivity index (χ4n) is 3.59. The summed E-state index contributed by atoms with van der Waals surface area (Å²) in [5.41, 5.74) is 2.25. The van der Waals surface area contributed by atoms with Crippen LogP contribution in [0.2, 0.25) is 0 Å². The van der Waals surface area contributed by atoms with Crippen LogP contribution in [0.25, 0.3) is 6.08 Å². The Morgan fingerprint density at radius 2 is 1.87 bits per heavy atom. The molecule has 2 aromatic rings. The van der Waals surface area contributed by atoms with Gasteiger partial charge in [0.05, 0.1) is 12.0 Å². The van der Waals surface area contributed by atoms with Crippen LogP contribution in [-0.2, 0) is 9.53 Å². The van der Waals surface area contributed by atoms with Gasteiger partial charge in [0.25, 0.3) is 0 Å². The Kier molecular flexibility index (Phi) is 5.47. The lowest BCUT2D eigenvalue weighted by atomic mass is 10.1. The summed E-state index contributed by atoms with van der Waals surface area (Å²) in [6, 6.07) is 12.2. The van der Waals surface area contributed by atoms with E-state index in [-0.39, 0.29) is 23.0 Å². The van der Waals surface area contributed by atoms with Gasteiger partial charge in [-0.3, -0.25) is 10.1 Å². The minimum atomic E-state index is -0.594. The number of benzene rings is 2. The zero-order chi connectivity index (χ0) is 21.1. The summed E-state index contributed by atoms with van der Waals surface area (Å²) >= 11 is 0. The number of ether oxygens (including phenoxy) is 2. The summed E-state index contributed by atoms with van der Waals surface area (Å²) in [6.07, 6.45) is 5.34. The quantitative estimate of drug-likeness (QED) is 0.323. The number of hydrogen-bond acceptors (Lipinski definition) is 7. The third-order valence-corrected chi connectivity index (χ3v) is 5.16. The van der Waals surface area contributed by atoms with Gasteiger partial charge >= 0.3 is 11.7 Å². The van der Waals surface area contributed by atoms with Crippen LogP contribution in [0.4, 0.5) is 11.4 Å². The van der Waals surface area contributed by atoms with Gasteiger partial charge in [-0.15, -0.1) is 0 Å². The van der Waals surface area contributed by atoms with Gasteiger partial charge in [0.1, 0.15) is 0 Å². The van der Waals surface area contributed by atoms with E-state index in [1.54, 1.807) is 12.1 Å². The van der Waals surface area contributed by atoms with E-state index in [0.717, 1.165) is 18.7 Å². The number of piperidine rings is 1. The van der Waals surface area contributed by atoms with E-state index in [0.29, 0.717) is 5.56 Å². The number of esters is 1. The molecule has 0 bridgehead atoms. The highest BCUT2D eigenvalue weighted by molar-refractivity contribution is 6.13. The van der Waals surface area contributed by atoms with Crippen molar-refractivity contribution in [3.63, 3.8) is 0 Å². The molecule has 2 aliphatic heterocycles. The van der Waals surface area contributed by atoms with E-state index >= 15 is 0 Å². The maximum atomic E-state index is 12.2. The van der Waals surface area contributed by atoms with Crippen LogP contribution in [0.5, 0.6) is 5.75 Å². The summed E-state index contributed by atoms with van der Waals surface area (Å²) in [5, 5.41) is 11.2. The average Bonchev–Trinajstić information content (AvgIpc) is 3.14. The molecule has 8 nitrogen and oxygen atoms in total. The molecule has 1 saturated heterocycles. The molecular weight excluding hydrogens is 386 g/mol. The van der Waals surface area contributed by atoms with E-state index < -0.39 is 10.9 Å². The molecule has 0 aliphatic carbocycles. The third kappa shape index (κ3) is 4.03. The number of cyclic esters (lactones) is 1. The molecule has 0 saturated carbocycles. The molecule has 2 aromatic carbocycles. The summed E-state index contributed by atoms with van der Waals surface area (Å²) in [6.45, 7) is 2.13. The fraction of sp³-hybridized carbons (Fsp3) is 0.273. The second-order valence-electron chi connectivity index (χ2n) is 7.12.